The van der Waals surface area contributed by atoms with Crippen LogP contribution in [0.4, 0.5) is 16.2 Å². The fourth-order valence-electron chi connectivity index (χ4n) is 2.54. The van der Waals surface area contributed by atoms with Gasteiger partial charge in [-0.25, -0.2) is 9.69 Å². The molecule has 0 spiro atoms. The smallest absolute Gasteiger partial charge is 0.332 e. The molecule has 88 valence electrons. The molecule has 1 unspecified atom stereocenters. The van der Waals surface area contributed by atoms with Crippen molar-refractivity contribution in [3.05, 3.63) is 24.3 Å². The molecule has 1 aromatic rings. The number of nitrogens with zero attached hydrogens (tertiary/aromatic N) is 2. The Morgan fingerprint density at radius 1 is 1.24 bits per heavy atom. The number of benzene rings is 1. The molecule has 2 N–H and O–H groups in total. The lowest BCUT2D eigenvalue weighted by Crippen LogP contribution is -2.33. The van der Waals surface area contributed by atoms with Crippen molar-refractivity contribution in [3.8, 4) is 0 Å². The van der Waals surface area contributed by atoms with E-state index >= 15 is 0 Å². The normalized spacial score (nSPS) is 23.4. The van der Waals surface area contributed by atoms with Crippen LogP contribution in [-0.4, -0.2) is 29.4 Å². The maximum atomic E-state index is 12.2. The van der Waals surface area contributed by atoms with E-state index < -0.39 is 0 Å². The van der Waals surface area contributed by atoms with E-state index in [1.807, 2.05) is 0 Å². The highest BCUT2D eigenvalue weighted by molar-refractivity contribution is 6.22. The van der Waals surface area contributed by atoms with E-state index in [2.05, 4.69) is 0 Å². The van der Waals surface area contributed by atoms with Crippen LogP contribution >= 0.6 is 0 Å². The van der Waals surface area contributed by atoms with Crippen molar-refractivity contribution in [2.75, 3.05) is 17.2 Å². The van der Waals surface area contributed by atoms with Crippen molar-refractivity contribution >= 4 is 23.3 Å². The number of amides is 3. The van der Waals surface area contributed by atoms with E-state index in [0.717, 1.165) is 12.8 Å². The van der Waals surface area contributed by atoms with Crippen LogP contribution in [0, 0.1) is 0 Å². The van der Waals surface area contributed by atoms with Gasteiger partial charge in [0, 0.05) is 6.54 Å². The monoisotopic (exact) mass is 231 g/mol. The number of fused-ring (bicyclic) bond motifs is 1. The molecule has 0 saturated carbocycles. The molecular formula is C12H13N3O2. The van der Waals surface area contributed by atoms with Gasteiger partial charge in [-0.15, -0.1) is 0 Å². The number of imide groups is 1. The molecule has 2 heterocycles. The zero-order valence-electron chi connectivity index (χ0n) is 9.30. The number of anilines is 2. The minimum atomic E-state index is -0.276. The molecule has 5 heteroatoms. The molecule has 1 aromatic carbocycles. The Morgan fingerprint density at radius 3 is 2.71 bits per heavy atom. The van der Waals surface area contributed by atoms with Crippen LogP contribution in [0.3, 0.4) is 0 Å². The fourth-order valence-corrected chi connectivity index (χ4v) is 2.54. The van der Waals surface area contributed by atoms with Crippen molar-refractivity contribution in [2.24, 2.45) is 0 Å². The van der Waals surface area contributed by atoms with Crippen LogP contribution in [0.25, 0.3) is 0 Å². The van der Waals surface area contributed by atoms with E-state index in [1.165, 1.54) is 4.90 Å². The first-order valence-corrected chi connectivity index (χ1v) is 5.69. The number of nitrogen functional groups attached to an aromatic ring is 1. The summed E-state index contributed by atoms with van der Waals surface area (Å²) in [6.45, 7) is 0.665. The summed E-state index contributed by atoms with van der Waals surface area (Å²) in [7, 11) is 0. The van der Waals surface area contributed by atoms with Gasteiger partial charge in [0.15, 0.2) is 0 Å². The minimum Gasteiger partial charge on any atom is -0.397 e. The molecule has 0 radical (unpaired) electrons. The standard InChI is InChI=1S/C12H13N3O2/c13-8-4-1-2-5-9(8)15-11(16)10-6-3-7-14(10)12(15)17/h1-2,4-5,10H,3,6-7,13H2. The number of carbonyl (C=O) groups is 2. The highest BCUT2D eigenvalue weighted by Crippen LogP contribution is 2.33. The van der Waals surface area contributed by atoms with Crippen LogP contribution in [0.2, 0.25) is 0 Å². The molecule has 1 atom stereocenters. The SMILES string of the molecule is Nc1ccccc1N1C(=O)C2CCCN2C1=O. The van der Waals surface area contributed by atoms with Crippen molar-refractivity contribution in [1.82, 2.24) is 4.90 Å². The maximum Gasteiger partial charge on any atom is 0.332 e. The van der Waals surface area contributed by atoms with Gasteiger partial charge in [-0.3, -0.25) is 4.79 Å². The van der Waals surface area contributed by atoms with Crippen LogP contribution in [0.15, 0.2) is 24.3 Å². The first-order valence-electron chi connectivity index (χ1n) is 5.69. The van der Waals surface area contributed by atoms with Gasteiger partial charge < -0.3 is 10.6 Å². The Labute approximate surface area is 98.8 Å². The van der Waals surface area contributed by atoms with Gasteiger partial charge >= 0.3 is 6.03 Å². The summed E-state index contributed by atoms with van der Waals surface area (Å²) < 4.78 is 0. The summed E-state index contributed by atoms with van der Waals surface area (Å²) >= 11 is 0. The largest absolute Gasteiger partial charge is 0.397 e. The van der Waals surface area contributed by atoms with E-state index in [0.29, 0.717) is 17.9 Å². The lowest BCUT2D eigenvalue weighted by molar-refractivity contribution is -0.119. The number of para-hydroxylation sites is 2. The van der Waals surface area contributed by atoms with Gasteiger partial charge in [-0.1, -0.05) is 12.1 Å². The van der Waals surface area contributed by atoms with Crippen LogP contribution in [0.5, 0.6) is 0 Å². The third kappa shape index (κ3) is 1.32. The Hall–Kier alpha value is -2.04. The van der Waals surface area contributed by atoms with E-state index in [4.69, 9.17) is 5.73 Å². The van der Waals surface area contributed by atoms with Crippen molar-refractivity contribution < 1.29 is 9.59 Å². The molecule has 17 heavy (non-hydrogen) atoms. The summed E-state index contributed by atoms with van der Waals surface area (Å²) in [4.78, 5) is 27.1. The summed E-state index contributed by atoms with van der Waals surface area (Å²) in [5.41, 5.74) is 6.76. The highest BCUT2D eigenvalue weighted by atomic mass is 16.2. The second-order valence-corrected chi connectivity index (χ2v) is 4.37. The van der Waals surface area contributed by atoms with Crippen molar-refractivity contribution in [3.63, 3.8) is 0 Å². The van der Waals surface area contributed by atoms with Crippen LogP contribution < -0.4 is 10.6 Å². The zero-order chi connectivity index (χ0) is 12.0. The highest BCUT2D eigenvalue weighted by Gasteiger charge is 2.48. The maximum absolute atomic E-state index is 12.2. The lowest BCUT2D eigenvalue weighted by atomic mass is 10.2. The molecule has 0 aromatic heterocycles. The zero-order valence-corrected chi connectivity index (χ0v) is 9.30. The first-order chi connectivity index (χ1) is 8.20. The van der Waals surface area contributed by atoms with Gasteiger partial charge in [0.1, 0.15) is 6.04 Å². The van der Waals surface area contributed by atoms with Gasteiger partial charge in [-0.05, 0) is 25.0 Å². The number of carbonyl (C=O) groups excluding carboxylic acids is 2. The molecule has 0 aliphatic carbocycles. The Morgan fingerprint density at radius 2 is 2.00 bits per heavy atom. The molecule has 5 nitrogen and oxygen atoms in total. The molecule has 2 aliphatic rings. The average Bonchev–Trinajstić information content (AvgIpc) is 2.87. The third-order valence-electron chi connectivity index (χ3n) is 3.37. The van der Waals surface area contributed by atoms with Crippen molar-refractivity contribution in [1.29, 1.82) is 0 Å². The summed E-state index contributed by atoms with van der Waals surface area (Å²) in [6.07, 6.45) is 1.66. The predicted octanol–water partition coefficient (Wildman–Crippen LogP) is 1.20. The Kier molecular flexibility index (Phi) is 2.07. The molecule has 3 amide bonds. The number of hydrogen-bond acceptors (Lipinski definition) is 3. The van der Waals surface area contributed by atoms with E-state index in [9.17, 15) is 9.59 Å². The Bertz CT molecular complexity index is 478. The minimum absolute atomic E-state index is 0.148. The predicted molar refractivity (Wildman–Crippen MR) is 63.5 cm³/mol. The average molecular weight is 231 g/mol. The molecule has 2 saturated heterocycles. The summed E-state index contributed by atoms with van der Waals surface area (Å²) in [5, 5.41) is 0. The quantitative estimate of drug-likeness (QED) is 0.583. The molecule has 0 bridgehead atoms. The summed E-state index contributed by atoms with van der Waals surface area (Å²) in [6, 6.07) is 6.44. The van der Waals surface area contributed by atoms with Gasteiger partial charge in [0.2, 0.25) is 0 Å². The Balaban J connectivity index is 2.03. The fraction of sp³-hybridized carbons (Fsp3) is 0.333. The second kappa shape index (κ2) is 3.48. The molecule has 2 aliphatic heterocycles. The van der Waals surface area contributed by atoms with Crippen LogP contribution in [0.1, 0.15) is 12.8 Å². The molecule has 3 rings (SSSR count). The van der Waals surface area contributed by atoms with Gasteiger partial charge in [0.05, 0.1) is 11.4 Å². The number of hydrogen-bond donors (Lipinski definition) is 1. The van der Waals surface area contributed by atoms with Gasteiger partial charge in [-0.2, -0.15) is 0 Å². The topological polar surface area (TPSA) is 66.6 Å². The number of urea groups is 1. The van der Waals surface area contributed by atoms with Gasteiger partial charge in [0.25, 0.3) is 5.91 Å². The molecule has 2 fully saturated rings. The lowest BCUT2D eigenvalue weighted by Gasteiger charge is -2.16. The van der Waals surface area contributed by atoms with Crippen LogP contribution in [-0.2, 0) is 4.79 Å². The molecular weight excluding hydrogens is 218 g/mol. The van der Waals surface area contributed by atoms with E-state index in [1.54, 1.807) is 29.2 Å². The van der Waals surface area contributed by atoms with E-state index in [-0.39, 0.29) is 18.0 Å². The summed E-state index contributed by atoms with van der Waals surface area (Å²) in [5.74, 6) is -0.148. The first kappa shape index (κ1) is 10.1. The second-order valence-electron chi connectivity index (χ2n) is 4.37. The number of nitrogens with two attached hydrogens (primary N) is 1. The van der Waals surface area contributed by atoms with Crippen molar-refractivity contribution in [2.45, 2.75) is 18.9 Å². The third-order valence-corrected chi connectivity index (χ3v) is 3.37. The number of rotatable bonds is 1.